The van der Waals surface area contributed by atoms with E-state index in [0.717, 1.165) is 25.7 Å². The highest BCUT2D eigenvalue weighted by atomic mass is 16.3. The van der Waals surface area contributed by atoms with E-state index in [4.69, 9.17) is 0 Å². The van der Waals surface area contributed by atoms with E-state index in [1.54, 1.807) is 0 Å². The van der Waals surface area contributed by atoms with Crippen LogP contribution in [0.2, 0.25) is 0 Å². The van der Waals surface area contributed by atoms with Gasteiger partial charge in [0.1, 0.15) is 0 Å². The van der Waals surface area contributed by atoms with Gasteiger partial charge in [-0.3, -0.25) is 4.79 Å². The van der Waals surface area contributed by atoms with Crippen LogP contribution < -0.4 is 5.32 Å². The van der Waals surface area contributed by atoms with E-state index >= 15 is 0 Å². The Kier molecular flexibility index (Phi) is 58.7. The van der Waals surface area contributed by atoms with Crippen molar-refractivity contribution < 1.29 is 15.0 Å². The molecule has 0 rings (SSSR count). The second kappa shape index (κ2) is 59.4. The van der Waals surface area contributed by atoms with E-state index in [9.17, 15) is 15.0 Å². The smallest absolute Gasteiger partial charge is 0.220 e. The maximum absolute atomic E-state index is 12.5. The third kappa shape index (κ3) is 55.9. The van der Waals surface area contributed by atoms with Crippen LogP contribution in [-0.2, 0) is 4.79 Å². The fraction of sp³-hybridized carbons (Fsp3) is 0.952. The quantitative estimate of drug-likeness (QED) is 0.0420. The van der Waals surface area contributed by atoms with Gasteiger partial charge in [-0.15, -0.1) is 0 Å². The lowest BCUT2D eigenvalue weighted by atomic mass is 10.0. The minimum Gasteiger partial charge on any atom is -0.394 e. The van der Waals surface area contributed by atoms with E-state index in [0.29, 0.717) is 12.8 Å². The monoisotopic (exact) mass is 944 g/mol. The molecule has 0 aliphatic carbocycles. The SMILES string of the molecule is CCCCCCCCCCCCCCCC/C=C\CCCCCCCCCCCCCCCCCCCC(=O)NC(CO)C(O)CCCCCCCCCCCCCCCCCCCCCC. The predicted molar refractivity (Wildman–Crippen MR) is 299 cm³/mol. The Labute approximate surface area is 422 Å². The zero-order valence-electron chi connectivity index (χ0n) is 46.2. The van der Waals surface area contributed by atoms with Crippen molar-refractivity contribution in [1.82, 2.24) is 5.32 Å². The molecule has 0 saturated carbocycles. The third-order valence-electron chi connectivity index (χ3n) is 15.0. The third-order valence-corrected chi connectivity index (χ3v) is 15.0. The van der Waals surface area contributed by atoms with Crippen molar-refractivity contribution in [1.29, 1.82) is 0 Å². The number of rotatable bonds is 59. The fourth-order valence-corrected chi connectivity index (χ4v) is 10.2. The maximum atomic E-state index is 12.5. The summed E-state index contributed by atoms with van der Waals surface area (Å²) < 4.78 is 0. The number of amides is 1. The predicted octanol–water partition coefficient (Wildman–Crippen LogP) is 20.9. The maximum Gasteiger partial charge on any atom is 0.220 e. The number of carbonyl (C=O) groups is 1. The molecule has 0 aromatic carbocycles. The fourth-order valence-electron chi connectivity index (χ4n) is 10.2. The molecular formula is C63H125NO3. The first kappa shape index (κ1) is 66.1. The first-order valence-corrected chi connectivity index (χ1v) is 31.4. The van der Waals surface area contributed by atoms with Gasteiger partial charge in [0.05, 0.1) is 18.8 Å². The second-order valence-corrected chi connectivity index (χ2v) is 21.8. The van der Waals surface area contributed by atoms with E-state index in [1.807, 2.05) is 0 Å². The van der Waals surface area contributed by atoms with Crippen molar-refractivity contribution in [3.05, 3.63) is 12.2 Å². The topological polar surface area (TPSA) is 69.6 Å². The van der Waals surface area contributed by atoms with Crippen LogP contribution in [0.4, 0.5) is 0 Å². The molecule has 4 nitrogen and oxygen atoms in total. The Morgan fingerprint density at radius 1 is 0.343 bits per heavy atom. The summed E-state index contributed by atoms with van der Waals surface area (Å²) in [4.78, 5) is 12.5. The summed E-state index contributed by atoms with van der Waals surface area (Å²) in [6, 6.07) is -0.533. The summed E-state index contributed by atoms with van der Waals surface area (Å²) in [6.45, 7) is 4.41. The molecule has 0 aromatic rings. The molecule has 400 valence electrons. The Morgan fingerprint density at radius 2 is 0.567 bits per heavy atom. The summed E-state index contributed by atoms with van der Waals surface area (Å²) in [6.07, 6.45) is 78.1. The zero-order chi connectivity index (χ0) is 48.5. The summed E-state index contributed by atoms with van der Waals surface area (Å²) in [5.41, 5.74) is 0. The molecule has 0 heterocycles. The van der Waals surface area contributed by atoms with E-state index in [2.05, 4.69) is 31.3 Å². The molecule has 0 radical (unpaired) electrons. The van der Waals surface area contributed by atoms with Gasteiger partial charge in [0.2, 0.25) is 5.91 Å². The number of hydrogen-bond donors (Lipinski definition) is 3. The molecule has 2 atom stereocenters. The minimum absolute atomic E-state index is 0.0229. The van der Waals surface area contributed by atoms with Crippen molar-refractivity contribution in [3.63, 3.8) is 0 Å². The summed E-state index contributed by atoms with van der Waals surface area (Å²) in [7, 11) is 0. The minimum atomic E-state index is -0.657. The summed E-state index contributed by atoms with van der Waals surface area (Å²) in [5, 5.41) is 23.4. The lowest BCUT2D eigenvalue weighted by molar-refractivity contribution is -0.123. The van der Waals surface area contributed by atoms with Gasteiger partial charge in [0.25, 0.3) is 0 Å². The normalized spacial score (nSPS) is 12.7. The largest absolute Gasteiger partial charge is 0.394 e. The van der Waals surface area contributed by atoms with Gasteiger partial charge in [-0.1, -0.05) is 334 Å². The lowest BCUT2D eigenvalue weighted by Gasteiger charge is -2.22. The molecule has 0 spiro atoms. The van der Waals surface area contributed by atoms with Crippen LogP contribution in [0.15, 0.2) is 12.2 Å². The second-order valence-electron chi connectivity index (χ2n) is 21.8. The van der Waals surface area contributed by atoms with Gasteiger partial charge < -0.3 is 15.5 Å². The van der Waals surface area contributed by atoms with E-state index in [-0.39, 0.29) is 12.5 Å². The highest BCUT2D eigenvalue weighted by Gasteiger charge is 2.20. The first-order valence-electron chi connectivity index (χ1n) is 31.4. The molecule has 1 amide bonds. The van der Waals surface area contributed by atoms with E-state index in [1.165, 1.54) is 315 Å². The molecular weight excluding hydrogens is 819 g/mol. The summed E-state index contributed by atoms with van der Waals surface area (Å²) >= 11 is 0. The van der Waals surface area contributed by atoms with Crippen LogP contribution in [0.5, 0.6) is 0 Å². The van der Waals surface area contributed by atoms with Crippen LogP contribution >= 0.6 is 0 Å². The zero-order valence-corrected chi connectivity index (χ0v) is 46.2. The van der Waals surface area contributed by atoms with Gasteiger partial charge >= 0.3 is 0 Å². The number of aliphatic hydroxyl groups is 2. The van der Waals surface area contributed by atoms with Gasteiger partial charge in [-0.05, 0) is 38.5 Å². The molecule has 0 fully saturated rings. The number of aliphatic hydroxyl groups excluding tert-OH is 2. The molecule has 2 unspecified atom stereocenters. The van der Waals surface area contributed by atoms with Crippen LogP contribution in [0.3, 0.4) is 0 Å². The molecule has 67 heavy (non-hydrogen) atoms. The number of unbranched alkanes of at least 4 members (excludes halogenated alkanes) is 50. The molecule has 0 bridgehead atoms. The number of carbonyl (C=O) groups excluding carboxylic acids is 1. The molecule has 3 N–H and O–H groups in total. The molecule has 0 aromatic heterocycles. The van der Waals surface area contributed by atoms with Gasteiger partial charge in [-0.25, -0.2) is 0 Å². The van der Waals surface area contributed by atoms with Crippen LogP contribution in [0, 0.1) is 0 Å². The lowest BCUT2D eigenvalue weighted by Crippen LogP contribution is -2.45. The van der Waals surface area contributed by atoms with Crippen molar-refractivity contribution in [3.8, 4) is 0 Å². The van der Waals surface area contributed by atoms with E-state index < -0.39 is 12.1 Å². The highest BCUT2D eigenvalue weighted by molar-refractivity contribution is 5.76. The average Bonchev–Trinajstić information content (AvgIpc) is 3.33. The molecule has 4 heteroatoms. The first-order chi connectivity index (χ1) is 33.2. The van der Waals surface area contributed by atoms with Crippen molar-refractivity contribution in [2.24, 2.45) is 0 Å². The Bertz CT molecular complexity index is 936. The Hall–Kier alpha value is -0.870. The summed E-state index contributed by atoms with van der Waals surface area (Å²) in [5.74, 6) is -0.0229. The standard InChI is InChI=1S/C63H125NO3/c1-3-5-7-9-11-13-15-17-19-21-23-25-26-27-28-29-30-31-32-33-34-35-36-37-38-39-41-43-45-47-49-51-53-55-57-59-63(67)64-61(60-65)62(66)58-56-54-52-50-48-46-44-42-40-24-22-20-18-16-14-12-10-8-6-4-2/h29-30,61-62,65-66H,3-28,31-60H2,1-2H3,(H,64,67)/b30-29-. The average molecular weight is 945 g/mol. The van der Waals surface area contributed by atoms with Gasteiger partial charge in [-0.2, -0.15) is 0 Å². The molecule has 0 aliphatic rings. The molecule has 0 saturated heterocycles. The van der Waals surface area contributed by atoms with Crippen LogP contribution in [-0.4, -0.2) is 34.9 Å². The van der Waals surface area contributed by atoms with Crippen molar-refractivity contribution >= 4 is 5.91 Å². The van der Waals surface area contributed by atoms with Crippen LogP contribution in [0.1, 0.15) is 367 Å². The Morgan fingerprint density at radius 3 is 0.821 bits per heavy atom. The number of hydrogen-bond acceptors (Lipinski definition) is 3. The van der Waals surface area contributed by atoms with Gasteiger partial charge in [0.15, 0.2) is 0 Å². The highest BCUT2D eigenvalue weighted by Crippen LogP contribution is 2.19. The molecule has 0 aliphatic heterocycles. The van der Waals surface area contributed by atoms with Gasteiger partial charge in [0, 0.05) is 6.42 Å². The van der Waals surface area contributed by atoms with Crippen molar-refractivity contribution in [2.45, 2.75) is 379 Å². The Balaban J connectivity index is 3.38. The number of nitrogens with one attached hydrogen (secondary N) is 1. The van der Waals surface area contributed by atoms with Crippen LogP contribution in [0.25, 0.3) is 0 Å². The van der Waals surface area contributed by atoms with Crippen molar-refractivity contribution in [2.75, 3.05) is 6.61 Å². The number of allylic oxidation sites excluding steroid dienone is 2.